The molecule has 194 valence electrons. The summed E-state index contributed by atoms with van der Waals surface area (Å²) in [5.41, 5.74) is 1.14. The van der Waals surface area contributed by atoms with Crippen LogP contribution in [0.15, 0.2) is 22.1 Å². The molecule has 2 N–H and O–H groups in total. The van der Waals surface area contributed by atoms with E-state index in [-0.39, 0.29) is 53.9 Å². The predicted octanol–water partition coefficient (Wildman–Crippen LogP) is 3.34. The largest absolute Gasteiger partial charge is 0.443 e. The Morgan fingerprint density at radius 1 is 0.474 bits per heavy atom. The van der Waals surface area contributed by atoms with Crippen molar-refractivity contribution in [2.24, 2.45) is 0 Å². The van der Waals surface area contributed by atoms with Gasteiger partial charge in [0.25, 0.3) is 11.8 Å². The molecule has 2 amide bonds. The van der Waals surface area contributed by atoms with Crippen molar-refractivity contribution in [2.75, 3.05) is 0 Å². The highest BCUT2D eigenvalue weighted by Gasteiger charge is 2.27. The second kappa shape index (κ2) is 8.54. The first kappa shape index (κ1) is 23.4. The molecule has 0 aliphatic carbocycles. The Balaban J connectivity index is 1.43. The third kappa shape index (κ3) is 3.86. The monoisotopic (exact) mass is 519 g/mol. The van der Waals surface area contributed by atoms with Crippen molar-refractivity contribution in [3.63, 3.8) is 0 Å². The quantitative estimate of drug-likeness (QED) is 0.304. The molecule has 1 aliphatic rings. The molecule has 0 aromatic carbocycles. The molecule has 0 saturated carbocycles. The van der Waals surface area contributed by atoms with Crippen molar-refractivity contribution in [3.8, 4) is 34.8 Å². The normalized spacial score (nSPS) is 13.7. The van der Waals surface area contributed by atoms with Gasteiger partial charge in [-0.05, 0) is 34.6 Å². The molecule has 0 spiro atoms. The van der Waals surface area contributed by atoms with Gasteiger partial charge in [0, 0.05) is 0 Å². The molecular formula is C24H21N7O7. The number of aryl methyl sites for hydroxylation is 5. The van der Waals surface area contributed by atoms with Crippen LogP contribution in [0.2, 0.25) is 0 Å². The smallest absolute Gasteiger partial charge is 0.273 e. The number of aromatic nitrogens is 5. The highest BCUT2D eigenvalue weighted by molar-refractivity contribution is 5.94. The number of nitrogens with one attached hydrogen (secondary N) is 2. The summed E-state index contributed by atoms with van der Waals surface area (Å²) >= 11 is 0. The number of hydrogen-bond acceptors (Lipinski definition) is 12. The second-order valence-electron chi connectivity index (χ2n) is 8.66. The van der Waals surface area contributed by atoms with Crippen molar-refractivity contribution in [3.05, 3.63) is 52.0 Å². The minimum Gasteiger partial charge on any atom is -0.443 e. The first-order valence-electron chi connectivity index (χ1n) is 11.6. The first-order valence-corrected chi connectivity index (χ1v) is 11.6. The van der Waals surface area contributed by atoms with E-state index in [2.05, 4.69) is 35.6 Å². The van der Waals surface area contributed by atoms with Gasteiger partial charge in [0.2, 0.25) is 29.5 Å². The van der Waals surface area contributed by atoms with Crippen LogP contribution in [0.3, 0.4) is 0 Å². The SMILES string of the molecule is Cc1oc2nc1C(=O)NCc1nc(c(C)o1)-c1nc(c(C)o1)-c1nc(c(C)o1)C(=O)NCc1nc-2c(C)o1. The van der Waals surface area contributed by atoms with Gasteiger partial charge in [0.1, 0.15) is 28.8 Å². The van der Waals surface area contributed by atoms with E-state index in [9.17, 15) is 9.59 Å². The molecule has 38 heavy (non-hydrogen) atoms. The van der Waals surface area contributed by atoms with Gasteiger partial charge >= 0.3 is 0 Å². The zero-order valence-electron chi connectivity index (χ0n) is 21.0. The van der Waals surface area contributed by atoms with Gasteiger partial charge in [-0.1, -0.05) is 0 Å². The van der Waals surface area contributed by atoms with E-state index < -0.39 is 11.8 Å². The number of carbonyl (C=O) groups excluding carboxylic acids is 2. The van der Waals surface area contributed by atoms with Crippen LogP contribution >= 0.6 is 0 Å². The van der Waals surface area contributed by atoms with Gasteiger partial charge in [-0.15, -0.1) is 0 Å². The molecule has 5 aromatic heterocycles. The molecule has 5 aromatic rings. The molecular weight excluding hydrogens is 498 g/mol. The van der Waals surface area contributed by atoms with Crippen LogP contribution in [0.4, 0.5) is 0 Å². The maximum absolute atomic E-state index is 12.9. The molecule has 0 atom stereocenters. The zero-order chi connectivity index (χ0) is 26.7. The Bertz CT molecular complexity index is 1730. The van der Waals surface area contributed by atoms with Crippen molar-refractivity contribution < 1.29 is 31.7 Å². The molecule has 0 unspecified atom stereocenters. The van der Waals surface area contributed by atoms with Gasteiger partial charge in [-0.3, -0.25) is 9.59 Å². The minimum absolute atomic E-state index is 0.0168. The average molecular weight is 519 g/mol. The topological polar surface area (TPSA) is 188 Å². The third-order valence-electron chi connectivity index (χ3n) is 5.91. The third-order valence-corrected chi connectivity index (χ3v) is 5.91. The number of hydrogen-bond donors (Lipinski definition) is 2. The van der Waals surface area contributed by atoms with E-state index >= 15 is 0 Å². The van der Waals surface area contributed by atoms with Gasteiger partial charge in [-0.25, -0.2) is 24.9 Å². The van der Waals surface area contributed by atoms with E-state index in [0.29, 0.717) is 45.9 Å². The molecule has 0 fully saturated rings. The number of fused-ring (bicyclic) bond motifs is 13. The van der Waals surface area contributed by atoms with E-state index in [0.717, 1.165) is 0 Å². The van der Waals surface area contributed by atoms with Crippen LogP contribution < -0.4 is 10.6 Å². The summed E-state index contributed by atoms with van der Waals surface area (Å²) in [5, 5.41) is 5.44. The first-order chi connectivity index (χ1) is 18.2. The summed E-state index contributed by atoms with van der Waals surface area (Å²) in [5.74, 6) is 1.71. The maximum Gasteiger partial charge on any atom is 0.273 e. The maximum atomic E-state index is 12.9. The van der Waals surface area contributed by atoms with Crippen molar-refractivity contribution in [2.45, 2.75) is 47.7 Å². The Morgan fingerprint density at radius 2 is 0.789 bits per heavy atom. The predicted molar refractivity (Wildman–Crippen MR) is 126 cm³/mol. The lowest BCUT2D eigenvalue weighted by molar-refractivity contribution is 0.0933. The lowest BCUT2D eigenvalue weighted by Gasteiger charge is -1.99. The molecule has 0 radical (unpaired) electrons. The highest BCUT2D eigenvalue weighted by atomic mass is 16.4. The summed E-state index contributed by atoms with van der Waals surface area (Å²) in [6.07, 6.45) is 0. The van der Waals surface area contributed by atoms with E-state index in [1.165, 1.54) is 0 Å². The summed E-state index contributed by atoms with van der Waals surface area (Å²) < 4.78 is 28.6. The fraction of sp³-hybridized carbons (Fsp3) is 0.292. The number of amides is 2. The number of nitrogens with zero attached hydrogens (tertiary/aromatic N) is 5. The molecule has 10 bridgehead atoms. The van der Waals surface area contributed by atoms with Crippen LogP contribution in [-0.2, 0) is 13.1 Å². The van der Waals surface area contributed by atoms with Gasteiger partial charge in [0.05, 0.1) is 13.1 Å². The molecule has 0 saturated heterocycles. The molecule has 6 rings (SSSR count). The van der Waals surface area contributed by atoms with Gasteiger partial charge < -0.3 is 32.7 Å². The summed E-state index contributed by atoms with van der Waals surface area (Å²) in [6, 6.07) is 0. The lowest BCUT2D eigenvalue weighted by atomic mass is 10.3. The van der Waals surface area contributed by atoms with Crippen LogP contribution in [-0.4, -0.2) is 36.7 Å². The molecule has 14 nitrogen and oxygen atoms in total. The Morgan fingerprint density at radius 3 is 1.21 bits per heavy atom. The fourth-order valence-electron chi connectivity index (χ4n) is 4.04. The standard InChI is InChI=1S/C24H21N7O7/c1-8-15-20(32)25-7-14-28-18(11(4)35-14)23-31-19(12(5)38-23)24-30-16(9(2)37-24)21(33)26-6-13-27-17(10(3)34-13)22(29-15)36-8/h6-7H2,1-5H3,(H,25,32)(H,26,33). The Labute approximate surface area is 213 Å². The minimum atomic E-state index is -0.495. The van der Waals surface area contributed by atoms with Gasteiger partial charge in [-0.2, -0.15) is 0 Å². The fourth-order valence-corrected chi connectivity index (χ4v) is 4.04. The zero-order valence-corrected chi connectivity index (χ0v) is 21.0. The summed E-state index contributed by atoms with van der Waals surface area (Å²) in [4.78, 5) is 47.7. The van der Waals surface area contributed by atoms with Crippen LogP contribution in [0.5, 0.6) is 0 Å². The van der Waals surface area contributed by atoms with Crippen molar-refractivity contribution in [1.29, 1.82) is 0 Å². The van der Waals surface area contributed by atoms with E-state index in [1.807, 2.05) is 0 Å². The van der Waals surface area contributed by atoms with Crippen LogP contribution in [0, 0.1) is 34.6 Å². The van der Waals surface area contributed by atoms with Crippen LogP contribution in [0.1, 0.15) is 61.6 Å². The average Bonchev–Trinajstić information content (AvgIpc) is 3.67. The Hall–Kier alpha value is -5.01. The number of oxazole rings is 5. The molecule has 1 aliphatic heterocycles. The lowest BCUT2D eigenvalue weighted by Crippen LogP contribution is -2.24. The van der Waals surface area contributed by atoms with Crippen molar-refractivity contribution in [1.82, 2.24) is 35.6 Å². The van der Waals surface area contributed by atoms with Crippen molar-refractivity contribution >= 4 is 11.8 Å². The number of carbonyl (C=O) groups is 2. The second-order valence-corrected chi connectivity index (χ2v) is 8.66. The van der Waals surface area contributed by atoms with Crippen LogP contribution in [0.25, 0.3) is 34.8 Å². The van der Waals surface area contributed by atoms with E-state index in [1.54, 1.807) is 34.6 Å². The molecule has 14 heteroatoms. The summed E-state index contributed by atoms with van der Waals surface area (Å²) in [6.45, 7) is 8.26. The van der Waals surface area contributed by atoms with Gasteiger partial charge in [0.15, 0.2) is 28.5 Å². The molecule has 6 heterocycles. The summed E-state index contributed by atoms with van der Waals surface area (Å²) in [7, 11) is 0. The highest BCUT2D eigenvalue weighted by Crippen LogP contribution is 2.31. The van der Waals surface area contributed by atoms with E-state index in [4.69, 9.17) is 22.1 Å². The Kier molecular flexibility index (Phi) is 5.26. The number of rotatable bonds is 0.